The molecular formula is C9H9N3O2S. The molecule has 5 nitrogen and oxygen atoms in total. The van der Waals surface area contributed by atoms with Gasteiger partial charge in [0.15, 0.2) is 4.77 Å². The van der Waals surface area contributed by atoms with Gasteiger partial charge < -0.3 is 9.55 Å². The molecular weight excluding hydrogens is 214 g/mol. The minimum Gasteiger partial charge on any atom is -0.330 e. The topological polar surface area (TPSA) is 63.9 Å². The Balaban J connectivity index is 2.75. The maximum atomic E-state index is 10.6. The molecule has 2 aromatic rings. The molecule has 0 aliphatic rings. The quantitative estimate of drug-likeness (QED) is 0.483. The number of imidazole rings is 1. The van der Waals surface area contributed by atoms with E-state index in [1.807, 2.05) is 11.5 Å². The van der Waals surface area contributed by atoms with Gasteiger partial charge in [-0.1, -0.05) is 0 Å². The van der Waals surface area contributed by atoms with Gasteiger partial charge in [0, 0.05) is 18.7 Å². The summed E-state index contributed by atoms with van der Waals surface area (Å²) in [6, 6.07) is 4.69. The number of hydrogen-bond acceptors (Lipinski definition) is 3. The van der Waals surface area contributed by atoms with Gasteiger partial charge in [-0.05, 0) is 25.2 Å². The van der Waals surface area contributed by atoms with E-state index in [1.165, 1.54) is 12.1 Å². The third kappa shape index (κ3) is 1.52. The number of aromatic nitrogens is 2. The summed E-state index contributed by atoms with van der Waals surface area (Å²) in [6.45, 7) is 2.72. The first-order valence-corrected chi connectivity index (χ1v) is 4.91. The van der Waals surface area contributed by atoms with Crippen LogP contribution in [0, 0.1) is 14.9 Å². The third-order valence-corrected chi connectivity index (χ3v) is 2.61. The number of rotatable bonds is 2. The summed E-state index contributed by atoms with van der Waals surface area (Å²) in [5, 5.41) is 10.6. The Hall–Kier alpha value is -1.69. The van der Waals surface area contributed by atoms with Crippen LogP contribution in [-0.4, -0.2) is 14.5 Å². The molecule has 1 N–H and O–H groups in total. The van der Waals surface area contributed by atoms with E-state index in [1.54, 1.807) is 6.07 Å². The highest BCUT2D eigenvalue weighted by Gasteiger charge is 2.09. The van der Waals surface area contributed by atoms with Crippen molar-refractivity contribution in [2.75, 3.05) is 0 Å². The van der Waals surface area contributed by atoms with E-state index < -0.39 is 4.92 Å². The van der Waals surface area contributed by atoms with Crippen LogP contribution in [0.5, 0.6) is 0 Å². The van der Waals surface area contributed by atoms with Crippen LogP contribution in [-0.2, 0) is 6.54 Å². The van der Waals surface area contributed by atoms with Crippen LogP contribution in [0.3, 0.4) is 0 Å². The van der Waals surface area contributed by atoms with Gasteiger partial charge in [0.2, 0.25) is 0 Å². The number of nitrogens with zero attached hydrogens (tertiary/aromatic N) is 2. The van der Waals surface area contributed by atoms with E-state index in [4.69, 9.17) is 12.2 Å². The summed E-state index contributed by atoms with van der Waals surface area (Å²) < 4.78 is 2.49. The first-order valence-electron chi connectivity index (χ1n) is 4.50. The highest BCUT2D eigenvalue weighted by Crippen LogP contribution is 2.20. The zero-order valence-corrected chi connectivity index (χ0v) is 8.87. The molecule has 0 aliphatic carbocycles. The van der Waals surface area contributed by atoms with Gasteiger partial charge in [-0.3, -0.25) is 10.1 Å². The van der Waals surface area contributed by atoms with Crippen molar-refractivity contribution in [2.45, 2.75) is 13.5 Å². The standard InChI is InChI=1S/C9H9N3O2S/c1-2-11-8-4-3-6(12(13)14)5-7(8)10-9(11)15/h3-5H,2H2,1H3,(H,10,15). The summed E-state index contributed by atoms with van der Waals surface area (Å²) in [7, 11) is 0. The summed E-state index contributed by atoms with van der Waals surface area (Å²) in [6.07, 6.45) is 0. The predicted octanol–water partition coefficient (Wildman–Crippen LogP) is 2.63. The number of aryl methyl sites for hydroxylation is 1. The number of aromatic amines is 1. The van der Waals surface area contributed by atoms with E-state index in [0.29, 0.717) is 10.3 Å². The van der Waals surface area contributed by atoms with Crippen molar-refractivity contribution in [1.82, 2.24) is 9.55 Å². The molecule has 0 bridgehead atoms. The molecule has 0 fully saturated rings. The van der Waals surface area contributed by atoms with Crippen molar-refractivity contribution >= 4 is 28.9 Å². The summed E-state index contributed by atoms with van der Waals surface area (Å²) in [5.41, 5.74) is 1.67. The number of nitro benzene ring substituents is 1. The molecule has 0 unspecified atom stereocenters. The van der Waals surface area contributed by atoms with Crippen LogP contribution in [0.1, 0.15) is 6.92 Å². The van der Waals surface area contributed by atoms with Crippen LogP contribution in [0.15, 0.2) is 18.2 Å². The third-order valence-electron chi connectivity index (χ3n) is 2.28. The second-order valence-electron chi connectivity index (χ2n) is 3.13. The van der Waals surface area contributed by atoms with Crippen molar-refractivity contribution in [3.63, 3.8) is 0 Å². The zero-order chi connectivity index (χ0) is 11.0. The average molecular weight is 223 g/mol. The molecule has 0 atom stereocenters. The molecule has 78 valence electrons. The van der Waals surface area contributed by atoms with Crippen LogP contribution in [0.2, 0.25) is 0 Å². The van der Waals surface area contributed by atoms with Crippen molar-refractivity contribution in [3.05, 3.63) is 33.1 Å². The molecule has 2 rings (SSSR count). The maximum Gasteiger partial charge on any atom is 0.271 e. The number of benzene rings is 1. The van der Waals surface area contributed by atoms with Crippen LogP contribution in [0.25, 0.3) is 11.0 Å². The summed E-state index contributed by atoms with van der Waals surface area (Å²) >= 11 is 5.10. The first kappa shape index (κ1) is 9.85. The van der Waals surface area contributed by atoms with Gasteiger partial charge in [0.1, 0.15) is 0 Å². The smallest absolute Gasteiger partial charge is 0.271 e. The number of non-ortho nitro benzene ring substituents is 1. The largest absolute Gasteiger partial charge is 0.330 e. The first-order chi connectivity index (χ1) is 7.13. The fourth-order valence-corrected chi connectivity index (χ4v) is 1.92. The molecule has 0 aliphatic heterocycles. The van der Waals surface area contributed by atoms with Crippen molar-refractivity contribution < 1.29 is 4.92 Å². The number of nitro groups is 1. The van der Waals surface area contributed by atoms with E-state index in [0.717, 1.165) is 12.1 Å². The highest BCUT2D eigenvalue weighted by molar-refractivity contribution is 7.71. The Morgan fingerprint density at radius 1 is 1.60 bits per heavy atom. The SMILES string of the molecule is CCn1c(=S)[nH]c2cc([N+](=O)[O-])ccc21. The lowest BCUT2D eigenvalue weighted by atomic mass is 10.3. The van der Waals surface area contributed by atoms with E-state index in [9.17, 15) is 10.1 Å². The lowest BCUT2D eigenvalue weighted by molar-refractivity contribution is -0.384. The molecule has 15 heavy (non-hydrogen) atoms. The minimum atomic E-state index is -0.417. The van der Waals surface area contributed by atoms with Crippen molar-refractivity contribution in [2.24, 2.45) is 0 Å². The van der Waals surface area contributed by atoms with E-state index >= 15 is 0 Å². The molecule has 0 spiro atoms. The second kappa shape index (κ2) is 3.47. The Kier molecular flexibility index (Phi) is 2.28. The summed E-state index contributed by atoms with van der Waals surface area (Å²) in [4.78, 5) is 13.1. The predicted molar refractivity (Wildman–Crippen MR) is 59.5 cm³/mol. The van der Waals surface area contributed by atoms with Gasteiger partial charge in [0.05, 0.1) is 16.0 Å². The van der Waals surface area contributed by atoms with Crippen molar-refractivity contribution in [1.29, 1.82) is 0 Å². The molecule has 0 saturated heterocycles. The van der Waals surface area contributed by atoms with E-state index in [2.05, 4.69) is 4.98 Å². The Labute approximate surface area is 90.5 Å². The fourth-order valence-electron chi connectivity index (χ4n) is 1.58. The summed E-state index contributed by atoms with van der Waals surface area (Å²) in [5.74, 6) is 0. The number of hydrogen-bond donors (Lipinski definition) is 1. The van der Waals surface area contributed by atoms with Gasteiger partial charge in [-0.2, -0.15) is 0 Å². The van der Waals surface area contributed by atoms with Gasteiger partial charge in [0.25, 0.3) is 5.69 Å². The molecule has 0 saturated carbocycles. The van der Waals surface area contributed by atoms with Crippen molar-refractivity contribution in [3.8, 4) is 0 Å². The van der Waals surface area contributed by atoms with E-state index in [-0.39, 0.29) is 5.69 Å². The Morgan fingerprint density at radius 2 is 2.33 bits per heavy atom. The molecule has 0 amide bonds. The molecule has 1 aromatic heterocycles. The highest BCUT2D eigenvalue weighted by atomic mass is 32.1. The average Bonchev–Trinajstić information content (AvgIpc) is 2.51. The van der Waals surface area contributed by atoms with Crippen LogP contribution < -0.4 is 0 Å². The fraction of sp³-hybridized carbons (Fsp3) is 0.222. The molecule has 1 heterocycles. The normalized spacial score (nSPS) is 10.7. The Morgan fingerprint density at radius 3 is 2.93 bits per heavy atom. The van der Waals surface area contributed by atoms with Crippen LogP contribution >= 0.6 is 12.2 Å². The van der Waals surface area contributed by atoms with Gasteiger partial charge in [-0.25, -0.2) is 0 Å². The van der Waals surface area contributed by atoms with Gasteiger partial charge >= 0.3 is 0 Å². The lowest BCUT2D eigenvalue weighted by Crippen LogP contribution is -1.93. The zero-order valence-electron chi connectivity index (χ0n) is 8.06. The maximum absolute atomic E-state index is 10.6. The number of fused-ring (bicyclic) bond motifs is 1. The van der Waals surface area contributed by atoms with Gasteiger partial charge in [-0.15, -0.1) is 0 Å². The van der Waals surface area contributed by atoms with Crippen LogP contribution in [0.4, 0.5) is 5.69 Å². The lowest BCUT2D eigenvalue weighted by Gasteiger charge is -1.97. The molecule has 0 radical (unpaired) electrons. The monoisotopic (exact) mass is 223 g/mol. The number of H-pyrrole nitrogens is 1. The second-order valence-corrected chi connectivity index (χ2v) is 3.52. The minimum absolute atomic E-state index is 0.0713. The number of nitrogens with one attached hydrogen (secondary N) is 1. The Bertz CT molecular complexity index is 585. The molecule has 1 aromatic carbocycles. The molecule has 6 heteroatoms.